The lowest BCUT2D eigenvalue weighted by Crippen LogP contribution is -2.29. The van der Waals surface area contributed by atoms with Gasteiger partial charge in [-0.1, -0.05) is 20.8 Å². The lowest BCUT2D eigenvalue weighted by molar-refractivity contribution is -0.152. The smallest absolute Gasteiger partial charge is 0.309 e. The van der Waals surface area contributed by atoms with Gasteiger partial charge in [0.2, 0.25) is 11.6 Å². The van der Waals surface area contributed by atoms with Crippen molar-refractivity contribution in [2.75, 3.05) is 21.3 Å². The topological polar surface area (TPSA) is 92.9 Å². The zero-order valence-electron chi connectivity index (χ0n) is 19.2. The minimum absolute atomic E-state index is 0.0462. The Morgan fingerprint density at radius 3 is 2.13 bits per heavy atom. The molecule has 31 heavy (non-hydrogen) atoms. The van der Waals surface area contributed by atoms with Crippen LogP contribution in [0.1, 0.15) is 52.3 Å². The molecule has 1 saturated carbocycles. The van der Waals surface area contributed by atoms with Crippen LogP contribution in [0, 0.1) is 17.3 Å². The molecular weight excluding hydrogens is 400 g/mol. The highest BCUT2D eigenvalue weighted by Gasteiger charge is 2.33. The van der Waals surface area contributed by atoms with Crippen molar-refractivity contribution in [3.63, 3.8) is 0 Å². The van der Waals surface area contributed by atoms with E-state index in [9.17, 15) is 4.79 Å². The average Bonchev–Trinajstić information content (AvgIpc) is 3.25. The molecule has 1 aliphatic rings. The predicted molar refractivity (Wildman–Crippen MR) is 114 cm³/mol. The summed E-state index contributed by atoms with van der Waals surface area (Å²) in [7, 11) is 4.61. The summed E-state index contributed by atoms with van der Waals surface area (Å²) in [5.41, 5.74) is 0.891. The molecule has 0 N–H and O–H groups in total. The van der Waals surface area contributed by atoms with E-state index in [-0.39, 0.29) is 35.7 Å². The number of carbonyl (C=O) groups is 1. The van der Waals surface area contributed by atoms with Crippen LogP contribution in [-0.2, 0) is 16.1 Å². The Morgan fingerprint density at radius 2 is 1.61 bits per heavy atom. The second kappa shape index (κ2) is 9.58. The van der Waals surface area contributed by atoms with Crippen molar-refractivity contribution in [3.05, 3.63) is 18.0 Å². The number of hydrogen-bond acceptors (Lipinski definition) is 8. The molecule has 0 atom stereocenters. The van der Waals surface area contributed by atoms with Crippen molar-refractivity contribution in [1.29, 1.82) is 0 Å². The van der Waals surface area contributed by atoms with Gasteiger partial charge in [-0.15, -0.1) is 10.2 Å². The van der Waals surface area contributed by atoms with Crippen molar-refractivity contribution in [3.8, 4) is 28.7 Å². The maximum Gasteiger partial charge on any atom is 0.309 e. The van der Waals surface area contributed by atoms with Gasteiger partial charge in [-0.05, 0) is 49.1 Å². The van der Waals surface area contributed by atoms with Crippen LogP contribution in [-0.4, -0.2) is 37.5 Å². The van der Waals surface area contributed by atoms with Crippen molar-refractivity contribution < 1.29 is 28.2 Å². The van der Waals surface area contributed by atoms with Gasteiger partial charge in [0.1, 0.15) is 0 Å². The Balaban J connectivity index is 1.61. The first-order chi connectivity index (χ1) is 14.8. The summed E-state index contributed by atoms with van der Waals surface area (Å²) in [5, 5.41) is 8.06. The Kier molecular flexibility index (Phi) is 7.08. The number of ether oxygens (including phenoxy) is 4. The number of aromatic nitrogens is 2. The summed E-state index contributed by atoms with van der Waals surface area (Å²) in [6, 6.07) is 3.44. The fourth-order valence-corrected chi connectivity index (χ4v) is 4.08. The first kappa shape index (κ1) is 22.9. The van der Waals surface area contributed by atoms with Gasteiger partial charge in [0, 0.05) is 5.56 Å². The van der Waals surface area contributed by atoms with Crippen molar-refractivity contribution >= 4 is 5.97 Å². The van der Waals surface area contributed by atoms with Crippen LogP contribution < -0.4 is 14.2 Å². The second-order valence-corrected chi connectivity index (χ2v) is 8.94. The number of carbonyl (C=O) groups excluding carboxylic acids is 1. The van der Waals surface area contributed by atoms with Crippen LogP contribution in [0.2, 0.25) is 0 Å². The largest absolute Gasteiger partial charge is 0.493 e. The maximum atomic E-state index is 12.5. The van der Waals surface area contributed by atoms with Gasteiger partial charge >= 0.3 is 5.97 Å². The highest BCUT2D eigenvalue weighted by Crippen LogP contribution is 2.41. The van der Waals surface area contributed by atoms with E-state index in [0.29, 0.717) is 28.7 Å². The average molecular weight is 433 g/mol. The monoisotopic (exact) mass is 432 g/mol. The number of rotatable bonds is 7. The van der Waals surface area contributed by atoms with Gasteiger partial charge in [-0.3, -0.25) is 4.79 Å². The number of nitrogens with zero attached hydrogens (tertiary/aromatic N) is 2. The summed E-state index contributed by atoms with van der Waals surface area (Å²) in [4.78, 5) is 12.5. The Bertz CT molecular complexity index is 869. The molecule has 8 nitrogen and oxygen atoms in total. The second-order valence-electron chi connectivity index (χ2n) is 8.94. The molecule has 1 aromatic heterocycles. The van der Waals surface area contributed by atoms with Gasteiger partial charge in [0.05, 0.1) is 27.2 Å². The van der Waals surface area contributed by atoms with Gasteiger partial charge < -0.3 is 23.4 Å². The van der Waals surface area contributed by atoms with Crippen LogP contribution in [0.15, 0.2) is 16.5 Å². The van der Waals surface area contributed by atoms with Gasteiger partial charge in [0.15, 0.2) is 18.1 Å². The van der Waals surface area contributed by atoms with E-state index in [1.165, 1.54) is 21.3 Å². The lowest BCUT2D eigenvalue weighted by atomic mass is 9.70. The molecule has 1 aliphatic carbocycles. The summed E-state index contributed by atoms with van der Waals surface area (Å²) < 4.78 is 27.2. The third kappa shape index (κ3) is 5.29. The molecule has 0 aliphatic heterocycles. The van der Waals surface area contributed by atoms with E-state index < -0.39 is 0 Å². The zero-order chi connectivity index (χ0) is 22.6. The molecule has 3 rings (SSSR count). The van der Waals surface area contributed by atoms with E-state index in [0.717, 1.165) is 25.7 Å². The molecule has 2 aromatic rings. The predicted octanol–water partition coefficient (Wildman–Crippen LogP) is 4.66. The van der Waals surface area contributed by atoms with Crippen LogP contribution in [0.3, 0.4) is 0 Å². The van der Waals surface area contributed by atoms with Crippen molar-refractivity contribution in [2.24, 2.45) is 17.3 Å². The highest BCUT2D eigenvalue weighted by atomic mass is 16.5. The Morgan fingerprint density at radius 1 is 1.00 bits per heavy atom. The van der Waals surface area contributed by atoms with Gasteiger partial charge in [-0.25, -0.2) is 0 Å². The molecule has 8 heteroatoms. The molecule has 0 radical (unpaired) electrons. The first-order valence-corrected chi connectivity index (χ1v) is 10.6. The Labute approximate surface area is 183 Å². The molecule has 1 aromatic carbocycles. The van der Waals surface area contributed by atoms with E-state index in [4.69, 9.17) is 23.4 Å². The van der Waals surface area contributed by atoms with E-state index in [1.54, 1.807) is 12.1 Å². The number of hydrogen-bond donors (Lipinski definition) is 0. The quantitative estimate of drug-likeness (QED) is 0.583. The molecule has 170 valence electrons. The van der Waals surface area contributed by atoms with Crippen molar-refractivity contribution in [2.45, 2.75) is 53.1 Å². The van der Waals surface area contributed by atoms with Crippen molar-refractivity contribution in [1.82, 2.24) is 10.2 Å². The maximum absolute atomic E-state index is 12.5. The standard InChI is InChI=1S/C23H32N2O6/c1-23(2,3)16-9-7-14(8-10-16)22(26)30-13-19-24-25-21(31-19)15-11-17(27-4)20(29-6)18(12-15)28-5/h11-12,14,16H,7-10,13H2,1-6H3. The molecule has 0 bridgehead atoms. The SMILES string of the molecule is COc1cc(-c2nnc(COC(=O)C3CCC(C(C)(C)C)CC3)o2)cc(OC)c1OC. The molecule has 1 heterocycles. The third-order valence-corrected chi connectivity index (χ3v) is 6.00. The molecule has 0 saturated heterocycles. The molecule has 0 spiro atoms. The molecule has 0 amide bonds. The molecule has 1 fully saturated rings. The summed E-state index contributed by atoms with van der Waals surface area (Å²) >= 11 is 0. The summed E-state index contributed by atoms with van der Waals surface area (Å²) in [5.74, 6) is 2.34. The van der Waals surface area contributed by atoms with Gasteiger partial charge in [0.25, 0.3) is 5.89 Å². The Hall–Kier alpha value is -2.77. The van der Waals surface area contributed by atoms with E-state index in [2.05, 4.69) is 31.0 Å². The minimum atomic E-state index is -0.195. The molecular formula is C23H32N2O6. The fourth-order valence-electron chi connectivity index (χ4n) is 4.08. The minimum Gasteiger partial charge on any atom is -0.493 e. The van der Waals surface area contributed by atoms with Crippen LogP contribution in [0.5, 0.6) is 17.2 Å². The first-order valence-electron chi connectivity index (χ1n) is 10.6. The van der Waals surface area contributed by atoms with Crippen LogP contribution in [0.4, 0.5) is 0 Å². The van der Waals surface area contributed by atoms with Gasteiger partial charge in [-0.2, -0.15) is 0 Å². The zero-order valence-corrected chi connectivity index (χ0v) is 19.2. The summed E-state index contributed by atoms with van der Waals surface area (Å²) in [6.45, 7) is 6.74. The highest BCUT2D eigenvalue weighted by molar-refractivity contribution is 5.72. The van der Waals surface area contributed by atoms with E-state index >= 15 is 0 Å². The fraction of sp³-hybridized carbons (Fsp3) is 0.609. The van der Waals surface area contributed by atoms with E-state index in [1.807, 2.05) is 0 Å². The third-order valence-electron chi connectivity index (χ3n) is 6.00. The number of esters is 1. The number of benzene rings is 1. The van der Waals surface area contributed by atoms with Crippen LogP contribution >= 0.6 is 0 Å². The number of methoxy groups -OCH3 is 3. The van der Waals surface area contributed by atoms with Crippen LogP contribution in [0.25, 0.3) is 11.5 Å². The lowest BCUT2D eigenvalue weighted by Gasteiger charge is -2.36. The normalized spacial score (nSPS) is 19.0. The molecule has 0 unspecified atom stereocenters. The summed E-state index contributed by atoms with van der Waals surface area (Å²) in [6.07, 6.45) is 3.83.